The average molecular weight is 346 g/mol. The van der Waals surface area contributed by atoms with Crippen molar-refractivity contribution < 1.29 is 24.3 Å². The van der Waals surface area contributed by atoms with Crippen molar-refractivity contribution >= 4 is 12.0 Å². The first-order valence-electron chi connectivity index (χ1n) is 8.41. The Balaban J connectivity index is 1.95. The van der Waals surface area contributed by atoms with Gasteiger partial charge in [-0.05, 0) is 30.7 Å². The van der Waals surface area contributed by atoms with E-state index in [9.17, 15) is 15.2 Å². The number of carbonyl (C=O) groups is 1. The van der Waals surface area contributed by atoms with E-state index in [4.69, 9.17) is 9.47 Å². The van der Waals surface area contributed by atoms with Crippen LogP contribution in [0.4, 0.5) is 0 Å². The molecular weight excluding hydrogens is 322 g/mol. The van der Waals surface area contributed by atoms with Gasteiger partial charge in [-0.3, -0.25) is 4.79 Å². The Morgan fingerprint density at radius 3 is 2.92 bits per heavy atom. The number of hydrogen-bond donors (Lipinski definition) is 3. The summed E-state index contributed by atoms with van der Waals surface area (Å²) in [6, 6.07) is 6.63. The van der Waals surface area contributed by atoms with E-state index in [-0.39, 0.29) is 11.3 Å². The second kappa shape index (κ2) is 9.67. The molecule has 0 bridgehead atoms. The number of nitrogens with zero attached hydrogens (tertiary/aromatic N) is 1. The smallest absolute Gasteiger partial charge is 0.262 e. The Morgan fingerprint density at radius 1 is 1.48 bits per heavy atom. The summed E-state index contributed by atoms with van der Waals surface area (Å²) in [4.78, 5) is 13.6. The van der Waals surface area contributed by atoms with E-state index in [2.05, 4.69) is 5.32 Å². The molecular formula is C18H24N3O4+. The van der Waals surface area contributed by atoms with Gasteiger partial charge in [-0.2, -0.15) is 5.26 Å². The van der Waals surface area contributed by atoms with Gasteiger partial charge in [0.15, 0.2) is 11.5 Å². The minimum Gasteiger partial charge on any atom is -0.504 e. The number of ether oxygens (including phenoxy) is 2. The molecule has 1 amide bonds. The first-order chi connectivity index (χ1) is 12.1. The van der Waals surface area contributed by atoms with Crippen molar-refractivity contribution in [1.82, 2.24) is 5.32 Å². The minimum absolute atomic E-state index is 0.0186. The number of morpholine rings is 1. The fraction of sp³-hybridized carbons (Fsp3) is 0.444. The number of amides is 1. The molecule has 2 rings (SSSR count). The summed E-state index contributed by atoms with van der Waals surface area (Å²) in [5.41, 5.74) is 0.636. The van der Waals surface area contributed by atoms with E-state index < -0.39 is 5.91 Å². The van der Waals surface area contributed by atoms with Gasteiger partial charge in [0.25, 0.3) is 5.91 Å². The molecule has 0 atom stereocenters. The zero-order chi connectivity index (χ0) is 18.1. The van der Waals surface area contributed by atoms with Gasteiger partial charge in [0.05, 0.1) is 32.9 Å². The third-order valence-corrected chi connectivity index (χ3v) is 3.92. The number of nitrogens with one attached hydrogen (secondary N) is 2. The summed E-state index contributed by atoms with van der Waals surface area (Å²) in [6.45, 7) is 6.90. The molecule has 1 fully saturated rings. The molecule has 1 heterocycles. The number of phenolic OH excluding ortho intramolecular Hbond substituents is 1. The van der Waals surface area contributed by atoms with Gasteiger partial charge in [-0.15, -0.1) is 0 Å². The van der Waals surface area contributed by atoms with Crippen LogP contribution in [-0.4, -0.2) is 57.0 Å². The average Bonchev–Trinajstić information content (AvgIpc) is 2.63. The normalized spacial score (nSPS) is 15.4. The summed E-state index contributed by atoms with van der Waals surface area (Å²) >= 11 is 0. The highest BCUT2D eigenvalue weighted by Gasteiger charge is 2.15. The Labute approximate surface area is 147 Å². The number of hydrogen-bond acceptors (Lipinski definition) is 5. The molecule has 1 aliphatic rings. The first kappa shape index (κ1) is 18.8. The molecule has 7 nitrogen and oxygen atoms in total. The van der Waals surface area contributed by atoms with Crippen LogP contribution in [0.25, 0.3) is 6.08 Å². The first-order valence-corrected chi connectivity index (χ1v) is 8.41. The van der Waals surface area contributed by atoms with Gasteiger partial charge in [0.1, 0.15) is 24.7 Å². The molecule has 1 aromatic rings. The lowest BCUT2D eigenvalue weighted by atomic mass is 10.1. The summed E-state index contributed by atoms with van der Waals surface area (Å²) in [5.74, 6) is -0.0542. The lowest BCUT2D eigenvalue weighted by molar-refractivity contribution is -0.906. The van der Waals surface area contributed by atoms with Crippen molar-refractivity contribution in [3.8, 4) is 17.6 Å². The van der Waals surface area contributed by atoms with Crippen molar-refractivity contribution in [3.05, 3.63) is 29.3 Å². The lowest BCUT2D eigenvalue weighted by Gasteiger charge is -2.23. The third-order valence-electron chi connectivity index (χ3n) is 3.92. The SMILES string of the molecule is CCOc1cc(C=C(C#N)C(=O)NCC[NH+]2CCOCC2)ccc1O. The Morgan fingerprint density at radius 2 is 2.24 bits per heavy atom. The zero-order valence-corrected chi connectivity index (χ0v) is 14.4. The Bertz CT molecular complexity index is 661. The van der Waals surface area contributed by atoms with Crippen molar-refractivity contribution in [2.45, 2.75) is 6.92 Å². The Hall–Kier alpha value is -2.56. The number of quaternary nitrogens is 1. The van der Waals surface area contributed by atoms with Crippen molar-refractivity contribution in [3.63, 3.8) is 0 Å². The predicted octanol–water partition coefficient (Wildman–Crippen LogP) is -0.271. The molecule has 0 unspecified atom stereocenters. The van der Waals surface area contributed by atoms with Crippen LogP contribution in [0, 0.1) is 11.3 Å². The molecule has 3 N–H and O–H groups in total. The van der Waals surface area contributed by atoms with E-state index in [0.29, 0.717) is 24.5 Å². The molecule has 134 valence electrons. The standard InChI is InChI=1S/C18H23N3O4/c1-2-25-17-12-14(3-4-16(17)22)11-15(13-19)18(23)20-5-6-21-7-9-24-10-8-21/h3-4,11-12,22H,2,5-10H2,1H3,(H,20,23)/p+1. The van der Waals surface area contributed by atoms with Crippen LogP contribution in [0.5, 0.6) is 11.5 Å². The van der Waals surface area contributed by atoms with Crippen LogP contribution >= 0.6 is 0 Å². The maximum atomic E-state index is 12.2. The predicted molar refractivity (Wildman–Crippen MR) is 92.3 cm³/mol. The van der Waals surface area contributed by atoms with Crippen molar-refractivity contribution in [2.24, 2.45) is 0 Å². The number of phenols is 1. The molecule has 1 aliphatic heterocycles. The minimum atomic E-state index is -0.402. The fourth-order valence-electron chi connectivity index (χ4n) is 2.56. The van der Waals surface area contributed by atoms with E-state index in [1.807, 2.05) is 13.0 Å². The number of nitriles is 1. The highest BCUT2D eigenvalue weighted by molar-refractivity contribution is 6.01. The molecule has 0 saturated carbocycles. The summed E-state index contributed by atoms with van der Waals surface area (Å²) in [7, 11) is 0. The molecule has 0 radical (unpaired) electrons. The van der Waals surface area contributed by atoms with Gasteiger partial charge < -0.3 is 24.8 Å². The van der Waals surface area contributed by atoms with Crippen molar-refractivity contribution in [2.75, 3.05) is 46.0 Å². The maximum absolute atomic E-state index is 12.2. The molecule has 0 aliphatic carbocycles. The molecule has 25 heavy (non-hydrogen) atoms. The lowest BCUT2D eigenvalue weighted by Crippen LogP contribution is -3.14. The molecule has 1 aromatic carbocycles. The third kappa shape index (κ3) is 5.78. The highest BCUT2D eigenvalue weighted by Crippen LogP contribution is 2.27. The summed E-state index contributed by atoms with van der Waals surface area (Å²) in [5, 5.41) is 21.7. The van der Waals surface area contributed by atoms with E-state index in [0.717, 1.165) is 32.8 Å². The van der Waals surface area contributed by atoms with Gasteiger partial charge in [0, 0.05) is 0 Å². The number of carbonyl (C=O) groups excluding carboxylic acids is 1. The van der Waals surface area contributed by atoms with Crippen LogP contribution < -0.4 is 15.0 Å². The largest absolute Gasteiger partial charge is 0.504 e. The molecule has 0 aromatic heterocycles. The van der Waals surface area contributed by atoms with Crippen LogP contribution in [-0.2, 0) is 9.53 Å². The van der Waals surface area contributed by atoms with Crippen molar-refractivity contribution in [1.29, 1.82) is 5.26 Å². The molecule has 7 heteroatoms. The highest BCUT2D eigenvalue weighted by atomic mass is 16.5. The topological polar surface area (TPSA) is 96.0 Å². The molecule has 0 spiro atoms. The van der Waals surface area contributed by atoms with Crippen LogP contribution in [0.1, 0.15) is 12.5 Å². The zero-order valence-electron chi connectivity index (χ0n) is 14.4. The van der Waals surface area contributed by atoms with E-state index in [1.54, 1.807) is 12.1 Å². The van der Waals surface area contributed by atoms with E-state index in [1.165, 1.54) is 17.0 Å². The van der Waals surface area contributed by atoms with Crippen LogP contribution in [0.15, 0.2) is 23.8 Å². The maximum Gasteiger partial charge on any atom is 0.262 e. The second-order valence-corrected chi connectivity index (χ2v) is 5.70. The number of benzene rings is 1. The van der Waals surface area contributed by atoms with Gasteiger partial charge >= 0.3 is 0 Å². The van der Waals surface area contributed by atoms with Crippen LogP contribution in [0.3, 0.4) is 0 Å². The summed E-state index contributed by atoms with van der Waals surface area (Å²) in [6.07, 6.45) is 1.49. The number of rotatable bonds is 7. The monoisotopic (exact) mass is 346 g/mol. The van der Waals surface area contributed by atoms with Gasteiger partial charge in [-0.25, -0.2) is 0 Å². The molecule has 1 saturated heterocycles. The second-order valence-electron chi connectivity index (χ2n) is 5.70. The van der Waals surface area contributed by atoms with E-state index >= 15 is 0 Å². The van der Waals surface area contributed by atoms with Gasteiger partial charge in [0.2, 0.25) is 0 Å². The summed E-state index contributed by atoms with van der Waals surface area (Å²) < 4.78 is 10.6. The quantitative estimate of drug-likeness (QED) is 0.467. The number of aromatic hydroxyl groups is 1. The fourth-order valence-corrected chi connectivity index (χ4v) is 2.56. The Kier molecular flexibility index (Phi) is 7.26. The van der Waals surface area contributed by atoms with Gasteiger partial charge in [-0.1, -0.05) is 6.07 Å². The van der Waals surface area contributed by atoms with Crippen LogP contribution in [0.2, 0.25) is 0 Å².